The molecule has 0 saturated carbocycles. The van der Waals surface area contributed by atoms with Crippen LogP contribution in [-0.4, -0.2) is 28.3 Å². The highest BCUT2D eigenvalue weighted by Crippen LogP contribution is 2.29. The Bertz CT molecular complexity index is 966. The average Bonchev–Trinajstić information content (AvgIpc) is 3.02. The van der Waals surface area contributed by atoms with Crippen molar-refractivity contribution in [3.63, 3.8) is 0 Å². The average molecular weight is 436 g/mol. The van der Waals surface area contributed by atoms with Gasteiger partial charge in [-0.15, -0.1) is 0 Å². The highest BCUT2D eigenvalue weighted by molar-refractivity contribution is 7.91. The number of nitrogens with one attached hydrogen (secondary N) is 3. The van der Waals surface area contributed by atoms with E-state index >= 15 is 4.39 Å². The number of hydrogen-bond acceptors (Lipinski definition) is 3. The van der Waals surface area contributed by atoms with Crippen molar-refractivity contribution in [1.82, 2.24) is 10.0 Å². The quantitative estimate of drug-likeness (QED) is 0.606. The summed E-state index contributed by atoms with van der Waals surface area (Å²) in [5.74, 6) is -0.486. The Morgan fingerprint density at radius 1 is 1.25 bits per heavy atom. The van der Waals surface area contributed by atoms with Crippen molar-refractivity contribution in [2.24, 2.45) is 0 Å². The van der Waals surface area contributed by atoms with Crippen LogP contribution in [0.4, 0.5) is 17.6 Å². The summed E-state index contributed by atoms with van der Waals surface area (Å²) >= 11 is 5.96. The van der Waals surface area contributed by atoms with Crippen LogP contribution < -0.4 is 10.0 Å². The first-order valence-electron chi connectivity index (χ1n) is 8.47. The second-order valence-electron chi connectivity index (χ2n) is 6.57. The van der Waals surface area contributed by atoms with Crippen molar-refractivity contribution < 1.29 is 21.8 Å². The van der Waals surface area contributed by atoms with E-state index in [-0.39, 0.29) is 12.8 Å². The standard InChI is InChI=1S/C18H18ClF4N3OS/c19-13-5-1-3-11(9-13)14-6-2-4-12(17(14)20)10-16-15(7-8-25-16)26-28(24,27)18(21,22)23/h1-6,9,15-16,25H,7-8,10H2,(H2,24,26,27). The van der Waals surface area contributed by atoms with Crippen LogP contribution in [0.15, 0.2) is 42.5 Å². The van der Waals surface area contributed by atoms with Crippen LogP contribution in [0, 0.1) is 10.6 Å². The van der Waals surface area contributed by atoms with Crippen LogP contribution in [0.25, 0.3) is 11.1 Å². The highest BCUT2D eigenvalue weighted by Gasteiger charge is 2.44. The minimum atomic E-state index is -5.17. The molecule has 28 heavy (non-hydrogen) atoms. The van der Waals surface area contributed by atoms with Crippen LogP contribution in [-0.2, 0) is 16.3 Å². The van der Waals surface area contributed by atoms with Gasteiger partial charge in [0.25, 0.3) is 0 Å². The lowest BCUT2D eigenvalue weighted by Gasteiger charge is -2.23. The molecule has 0 spiro atoms. The van der Waals surface area contributed by atoms with E-state index in [0.717, 1.165) is 0 Å². The van der Waals surface area contributed by atoms with Gasteiger partial charge in [-0.25, -0.2) is 18.1 Å². The van der Waals surface area contributed by atoms with E-state index in [2.05, 4.69) is 5.32 Å². The summed E-state index contributed by atoms with van der Waals surface area (Å²) in [4.78, 5) is 0. The maximum Gasteiger partial charge on any atom is 0.492 e. The topological polar surface area (TPSA) is 65.0 Å². The summed E-state index contributed by atoms with van der Waals surface area (Å²) in [6, 6.07) is 10.1. The van der Waals surface area contributed by atoms with E-state index in [1.54, 1.807) is 42.5 Å². The largest absolute Gasteiger partial charge is 0.492 e. The van der Waals surface area contributed by atoms with E-state index in [0.29, 0.717) is 28.3 Å². The summed E-state index contributed by atoms with van der Waals surface area (Å²) in [6.07, 6.45) is 0.345. The molecule has 0 aliphatic carbocycles. The molecule has 2 aromatic carbocycles. The molecule has 3 N–H and O–H groups in total. The van der Waals surface area contributed by atoms with Crippen molar-refractivity contribution in [2.75, 3.05) is 6.54 Å². The first-order valence-corrected chi connectivity index (χ1v) is 10.4. The zero-order valence-corrected chi connectivity index (χ0v) is 16.1. The summed E-state index contributed by atoms with van der Waals surface area (Å²) in [6.45, 7) is 0.380. The van der Waals surface area contributed by atoms with Crippen molar-refractivity contribution in [3.8, 4) is 11.1 Å². The highest BCUT2D eigenvalue weighted by atomic mass is 35.5. The smallest absolute Gasteiger partial charge is 0.312 e. The monoisotopic (exact) mass is 435 g/mol. The van der Waals surface area contributed by atoms with Gasteiger partial charge in [0.1, 0.15) is 5.82 Å². The van der Waals surface area contributed by atoms with Gasteiger partial charge in [0, 0.05) is 22.7 Å². The van der Waals surface area contributed by atoms with Gasteiger partial charge in [-0.2, -0.15) is 13.2 Å². The third kappa shape index (κ3) is 4.48. The van der Waals surface area contributed by atoms with E-state index in [1.165, 1.54) is 0 Å². The molecule has 3 unspecified atom stereocenters. The fourth-order valence-electron chi connectivity index (χ4n) is 3.26. The summed E-state index contributed by atoms with van der Waals surface area (Å²) in [7, 11) is -4.97. The van der Waals surface area contributed by atoms with Crippen molar-refractivity contribution in [2.45, 2.75) is 30.4 Å². The first-order chi connectivity index (χ1) is 13.1. The lowest BCUT2D eigenvalue weighted by Crippen LogP contribution is -2.48. The molecule has 3 rings (SSSR count). The Balaban J connectivity index is 1.83. The third-order valence-corrected chi connectivity index (χ3v) is 6.17. The van der Waals surface area contributed by atoms with Crippen molar-refractivity contribution in [1.29, 1.82) is 4.78 Å². The zero-order chi connectivity index (χ0) is 20.5. The minimum Gasteiger partial charge on any atom is -0.312 e. The predicted octanol–water partition coefficient (Wildman–Crippen LogP) is 4.49. The maximum absolute atomic E-state index is 15.0. The Morgan fingerprint density at radius 3 is 2.64 bits per heavy atom. The van der Waals surface area contributed by atoms with Crippen LogP contribution in [0.1, 0.15) is 12.0 Å². The lowest BCUT2D eigenvalue weighted by molar-refractivity contribution is -0.0420. The Hall–Kier alpha value is -1.68. The Kier molecular flexibility index (Phi) is 6.00. The summed E-state index contributed by atoms with van der Waals surface area (Å²) < 4.78 is 73.9. The number of benzene rings is 2. The number of alkyl halides is 3. The van der Waals surface area contributed by atoms with Crippen LogP contribution >= 0.6 is 11.6 Å². The molecule has 1 aliphatic heterocycles. The van der Waals surface area contributed by atoms with Gasteiger partial charge in [0.05, 0.1) is 0 Å². The van der Waals surface area contributed by atoms with Crippen LogP contribution in [0.3, 0.4) is 0 Å². The maximum atomic E-state index is 15.0. The molecule has 1 aliphatic rings. The van der Waals surface area contributed by atoms with Gasteiger partial charge in [-0.3, -0.25) is 0 Å². The summed E-state index contributed by atoms with van der Waals surface area (Å²) in [5.41, 5.74) is -3.93. The molecule has 152 valence electrons. The van der Waals surface area contributed by atoms with Crippen molar-refractivity contribution >= 4 is 21.5 Å². The normalized spacial score (nSPS) is 22.2. The lowest BCUT2D eigenvalue weighted by atomic mass is 9.96. The molecule has 0 amide bonds. The van der Waals surface area contributed by atoms with Gasteiger partial charge in [-0.05, 0) is 42.6 Å². The SMILES string of the molecule is N=S(=O)(NC1CCNC1Cc1cccc(-c2cccc(Cl)c2)c1F)C(F)(F)F. The predicted molar refractivity (Wildman–Crippen MR) is 101 cm³/mol. The molecule has 2 aromatic rings. The number of halogens is 5. The molecule has 1 heterocycles. The fourth-order valence-corrected chi connectivity index (χ4v) is 4.29. The zero-order valence-electron chi connectivity index (χ0n) is 14.5. The number of rotatable bonds is 5. The molecule has 0 aromatic heterocycles. The van der Waals surface area contributed by atoms with Gasteiger partial charge in [-0.1, -0.05) is 41.9 Å². The van der Waals surface area contributed by atoms with Crippen LogP contribution in [0.2, 0.25) is 5.02 Å². The second kappa shape index (κ2) is 7.98. The Morgan fingerprint density at radius 2 is 1.96 bits per heavy atom. The molecule has 3 atom stereocenters. The second-order valence-corrected chi connectivity index (χ2v) is 8.82. The van der Waals surface area contributed by atoms with Gasteiger partial charge < -0.3 is 5.32 Å². The van der Waals surface area contributed by atoms with Crippen molar-refractivity contribution in [3.05, 3.63) is 58.9 Å². The molecular formula is C18H18ClF4N3OS. The van der Waals surface area contributed by atoms with Gasteiger partial charge in [0.15, 0.2) is 0 Å². The van der Waals surface area contributed by atoms with E-state index in [1.807, 2.05) is 4.72 Å². The molecule has 1 fully saturated rings. The van der Waals surface area contributed by atoms with Gasteiger partial charge in [0.2, 0.25) is 9.92 Å². The van der Waals surface area contributed by atoms with Crippen LogP contribution in [0.5, 0.6) is 0 Å². The Labute approximate surface area is 165 Å². The molecule has 10 heteroatoms. The van der Waals surface area contributed by atoms with E-state index in [4.69, 9.17) is 16.4 Å². The van der Waals surface area contributed by atoms with E-state index < -0.39 is 33.3 Å². The molecular weight excluding hydrogens is 418 g/mol. The summed E-state index contributed by atoms with van der Waals surface area (Å²) in [5, 5.41) is 3.46. The number of hydrogen-bond donors (Lipinski definition) is 3. The molecule has 0 bridgehead atoms. The third-order valence-electron chi connectivity index (χ3n) is 4.64. The van der Waals surface area contributed by atoms with E-state index in [9.17, 15) is 17.4 Å². The molecule has 4 nitrogen and oxygen atoms in total. The van der Waals surface area contributed by atoms with Gasteiger partial charge >= 0.3 is 5.51 Å². The molecule has 1 saturated heterocycles. The molecule has 0 radical (unpaired) electrons. The first kappa shape index (κ1) is 21.0. The minimum absolute atomic E-state index is 0.0886. The fraction of sp³-hybridized carbons (Fsp3) is 0.333.